The predicted octanol–water partition coefficient (Wildman–Crippen LogP) is 5.20. The van der Waals surface area contributed by atoms with Crippen LogP contribution in [0.1, 0.15) is 16.1 Å². The number of amides is 2. The van der Waals surface area contributed by atoms with E-state index in [0.29, 0.717) is 33.8 Å². The summed E-state index contributed by atoms with van der Waals surface area (Å²) in [7, 11) is 0. The van der Waals surface area contributed by atoms with Gasteiger partial charge in [0, 0.05) is 34.5 Å². The number of rotatable bonds is 6. The number of hydrogen-bond acceptors (Lipinski definition) is 4. The number of benzene rings is 2. The Morgan fingerprint density at radius 3 is 2.31 bits per heavy atom. The normalized spacial score (nSPS) is 10.3. The lowest BCUT2D eigenvalue weighted by atomic mass is 10.2. The summed E-state index contributed by atoms with van der Waals surface area (Å²) in [4.78, 5) is 26.7. The van der Waals surface area contributed by atoms with Gasteiger partial charge in [-0.25, -0.2) is 14.6 Å². The van der Waals surface area contributed by atoms with Crippen molar-refractivity contribution in [3.8, 4) is 11.5 Å². The van der Waals surface area contributed by atoms with Crippen molar-refractivity contribution in [3.05, 3.63) is 82.1 Å². The highest BCUT2D eigenvalue weighted by Crippen LogP contribution is 2.23. The molecule has 0 spiro atoms. The predicted molar refractivity (Wildman–Crippen MR) is 110 cm³/mol. The minimum absolute atomic E-state index is 0.102. The van der Waals surface area contributed by atoms with Crippen molar-refractivity contribution in [1.82, 2.24) is 10.3 Å². The molecule has 0 aliphatic rings. The number of urea groups is 1. The van der Waals surface area contributed by atoms with Gasteiger partial charge in [-0.1, -0.05) is 35.3 Å². The van der Waals surface area contributed by atoms with E-state index in [2.05, 4.69) is 15.6 Å². The molecule has 1 heterocycles. The van der Waals surface area contributed by atoms with Gasteiger partial charge in [0.05, 0.1) is 0 Å². The number of ether oxygens (including phenoxy) is 1. The number of carboxylic acid groups (broad SMARTS) is 1. The summed E-state index contributed by atoms with van der Waals surface area (Å²) >= 11 is 11.8. The SMILES string of the molecule is O=C(NCc1ccc(Oc2ccnc(C(=O)O)c2)cc1)Nc1cc(Cl)cc(Cl)c1. The zero-order valence-electron chi connectivity index (χ0n) is 14.9. The molecule has 0 saturated carbocycles. The van der Waals surface area contributed by atoms with Gasteiger partial charge >= 0.3 is 12.0 Å². The van der Waals surface area contributed by atoms with Crippen LogP contribution >= 0.6 is 23.2 Å². The van der Waals surface area contributed by atoms with Crippen LogP contribution in [0, 0.1) is 0 Å². The Kier molecular flexibility index (Phi) is 6.54. The average molecular weight is 432 g/mol. The quantitative estimate of drug-likeness (QED) is 0.497. The molecule has 3 aromatic rings. The Bertz CT molecular complexity index is 1020. The molecular weight excluding hydrogens is 417 g/mol. The highest BCUT2D eigenvalue weighted by atomic mass is 35.5. The van der Waals surface area contributed by atoms with Crippen LogP contribution in [-0.4, -0.2) is 22.1 Å². The lowest BCUT2D eigenvalue weighted by Gasteiger charge is -2.10. The summed E-state index contributed by atoms with van der Waals surface area (Å²) in [5, 5.41) is 15.2. The highest BCUT2D eigenvalue weighted by molar-refractivity contribution is 6.35. The Hall–Kier alpha value is -3.29. The largest absolute Gasteiger partial charge is 0.477 e. The van der Waals surface area contributed by atoms with E-state index >= 15 is 0 Å². The second-order valence-corrected chi connectivity index (χ2v) is 6.77. The number of nitrogens with one attached hydrogen (secondary N) is 2. The maximum atomic E-state index is 12.0. The third kappa shape index (κ3) is 6.10. The van der Waals surface area contributed by atoms with Crippen LogP contribution in [0.15, 0.2) is 60.8 Å². The zero-order valence-corrected chi connectivity index (χ0v) is 16.4. The number of carbonyl (C=O) groups excluding carboxylic acids is 1. The molecule has 0 unspecified atom stereocenters. The number of aromatic nitrogens is 1. The molecule has 0 saturated heterocycles. The molecule has 7 nitrogen and oxygen atoms in total. The molecule has 9 heteroatoms. The topological polar surface area (TPSA) is 101 Å². The second-order valence-electron chi connectivity index (χ2n) is 5.89. The molecule has 0 radical (unpaired) electrons. The van der Waals surface area contributed by atoms with Crippen molar-refractivity contribution in [1.29, 1.82) is 0 Å². The van der Waals surface area contributed by atoms with Crippen LogP contribution in [0.3, 0.4) is 0 Å². The number of pyridine rings is 1. The molecule has 0 fully saturated rings. The van der Waals surface area contributed by atoms with E-state index < -0.39 is 12.0 Å². The molecule has 3 N–H and O–H groups in total. The Balaban J connectivity index is 1.54. The molecule has 29 heavy (non-hydrogen) atoms. The van der Waals surface area contributed by atoms with Gasteiger partial charge in [-0.05, 0) is 42.0 Å². The van der Waals surface area contributed by atoms with Crippen LogP contribution in [0.4, 0.5) is 10.5 Å². The Morgan fingerprint density at radius 2 is 1.66 bits per heavy atom. The maximum Gasteiger partial charge on any atom is 0.354 e. The Morgan fingerprint density at radius 1 is 0.966 bits per heavy atom. The van der Waals surface area contributed by atoms with E-state index in [1.165, 1.54) is 12.3 Å². The standard InChI is InChI=1S/C20H15Cl2N3O4/c21-13-7-14(22)9-15(8-13)25-20(28)24-11-12-1-3-16(4-2-12)29-17-5-6-23-18(10-17)19(26)27/h1-10H,11H2,(H,26,27)(H2,24,25,28). The summed E-state index contributed by atoms with van der Waals surface area (Å²) in [6.45, 7) is 0.291. The van der Waals surface area contributed by atoms with Crippen molar-refractivity contribution in [2.45, 2.75) is 6.54 Å². The van der Waals surface area contributed by atoms with Gasteiger partial charge in [0.1, 0.15) is 11.5 Å². The van der Waals surface area contributed by atoms with E-state index in [9.17, 15) is 9.59 Å². The van der Waals surface area contributed by atoms with Crippen LogP contribution in [0.5, 0.6) is 11.5 Å². The molecule has 2 amide bonds. The fraction of sp³-hybridized carbons (Fsp3) is 0.0500. The van der Waals surface area contributed by atoms with Crippen LogP contribution in [-0.2, 0) is 6.54 Å². The van der Waals surface area contributed by atoms with Gasteiger partial charge in [-0.15, -0.1) is 0 Å². The van der Waals surface area contributed by atoms with E-state index in [-0.39, 0.29) is 5.69 Å². The van der Waals surface area contributed by atoms with Gasteiger partial charge in [0.25, 0.3) is 0 Å². The highest BCUT2D eigenvalue weighted by Gasteiger charge is 2.07. The zero-order chi connectivity index (χ0) is 20.8. The van der Waals surface area contributed by atoms with E-state index in [4.69, 9.17) is 33.0 Å². The maximum absolute atomic E-state index is 12.0. The molecule has 0 aliphatic carbocycles. The van der Waals surface area contributed by atoms with E-state index in [0.717, 1.165) is 5.56 Å². The summed E-state index contributed by atoms with van der Waals surface area (Å²) in [6.07, 6.45) is 1.36. The summed E-state index contributed by atoms with van der Waals surface area (Å²) in [5.41, 5.74) is 1.23. The Labute approximate surface area is 176 Å². The molecule has 0 bridgehead atoms. The fourth-order valence-corrected chi connectivity index (χ4v) is 2.91. The lowest BCUT2D eigenvalue weighted by Crippen LogP contribution is -2.28. The number of nitrogens with zero attached hydrogens (tertiary/aromatic N) is 1. The van der Waals surface area contributed by atoms with Crippen molar-refractivity contribution >= 4 is 40.9 Å². The van der Waals surface area contributed by atoms with Gasteiger partial charge in [0.15, 0.2) is 5.69 Å². The molecule has 1 aromatic heterocycles. The molecular formula is C20H15Cl2N3O4. The van der Waals surface area contributed by atoms with Crippen LogP contribution in [0.25, 0.3) is 0 Å². The molecule has 148 valence electrons. The molecule has 0 aliphatic heterocycles. The number of anilines is 1. The number of aromatic carboxylic acids is 1. The first kappa shape index (κ1) is 20.4. The first-order valence-corrected chi connectivity index (χ1v) is 9.12. The van der Waals surface area contributed by atoms with Crippen molar-refractivity contribution in [2.75, 3.05) is 5.32 Å². The number of carbonyl (C=O) groups is 2. The fourth-order valence-electron chi connectivity index (χ4n) is 2.39. The van der Waals surface area contributed by atoms with Gasteiger partial charge in [-0.2, -0.15) is 0 Å². The van der Waals surface area contributed by atoms with Crippen molar-refractivity contribution in [2.24, 2.45) is 0 Å². The first-order chi connectivity index (χ1) is 13.9. The van der Waals surface area contributed by atoms with E-state index in [1.807, 2.05) is 0 Å². The summed E-state index contributed by atoms with van der Waals surface area (Å²) < 4.78 is 5.62. The van der Waals surface area contributed by atoms with Crippen molar-refractivity contribution < 1.29 is 19.4 Å². The van der Waals surface area contributed by atoms with E-state index in [1.54, 1.807) is 48.5 Å². The summed E-state index contributed by atoms with van der Waals surface area (Å²) in [5.74, 6) is -0.243. The number of carboxylic acids is 1. The lowest BCUT2D eigenvalue weighted by molar-refractivity contribution is 0.0690. The first-order valence-electron chi connectivity index (χ1n) is 8.36. The summed E-state index contributed by atoms with van der Waals surface area (Å²) in [6, 6.07) is 14.3. The minimum atomic E-state index is -1.13. The van der Waals surface area contributed by atoms with Gasteiger partial charge in [-0.3, -0.25) is 0 Å². The number of hydrogen-bond donors (Lipinski definition) is 3. The van der Waals surface area contributed by atoms with Crippen LogP contribution in [0.2, 0.25) is 10.0 Å². The van der Waals surface area contributed by atoms with Crippen LogP contribution < -0.4 is 15.4 Å². The third-order valence-electron chi connectivity index (χ3n) is 3.68. The minimum Gasteiger partial charge on any atom is -0.477 e. The van der Waals surface area contributed by atoms with Gasteiger partial charge in [0.2, 0.25) is 0 Å². The molecule has 0 atom stereocenters. The molecule has 3 rings (SSSR count). The van der Waals surface area contributed by atoms with Crippen molar-refractivity contribution in [3.63, 3.8) is 0 Å². The smallest absolute Gasteiger partial charge is 0.354 e. The average Bonchev–Trinajstić information content (AvgIpc) is 2.67. The van der Waals surface area contributed by atoms with Gasteiger partial charge < -0.3 is 20.5 Å². The molecule has 2 aromatic carbocycles. The monoisotopic (exact) mass is 431 g/mol. The number of halogens is 2. The second kappa shape index (κ2) is 9.27. The third-order valence-corrected chi connectivity index (χ3v) is 4.12.